The first-order valence-corrected chi connectivity index (χ1v) is 8.97. The van der Waals surface area contributed by atoms with Crippen molar-refractivity contribution in [3.63, 3.8) is 0 Å². The van der Waals surface area contributed by atoms with Gasteiger partial charge in [-0.1, -0.05) is 11.6 Å². The molecule has 138 valence electrons. The molecule has 5 rings (SSSR count). The van der Waals surface area contributed by atoms with Crippen LogP contribution in [0.5, 0.6) is 0 Å². The number of rotatable bonds is 4. The third-order valence-corrected chi connectivity index (χ3v) is 5.12. The molecular formula is C18H15ClF2N6. The second kappa shape index (κ2) is 5.88. The lowest BCUT2D eigenvalue weighted by Gasteiger charge is -2.09. The Labute approximate surface area is 157 Å². The third-order valence-electron chi connectivity index (χ3n) is 4.93. The fourth-order valence-electron chi connectivity index (χ4n) is 3.32. The minimum Gasteiger partial charge on any atom is -0.363 e. The Morgan fingerprint density at radius 1 is 1.19 bits per heavy atom. The van der Waals surface area contributed by atoms with E-state index in [1.54, 1.807) is 22.2 Å². The molecule has 1 N–H and O–H groups in total. The molecule has 1 fully saturated rings. The number of fused-ring (bicyclic) bond motifs is 2. The fraction of sp³-hybridized carbons (Fsp3) is 0.278. The molecule has 1 saturated carbocycles. The van der Waals surface area contributed by atoms with E-state index < -0.39 is 11.6 Å². The third kappa shape index (κ3) is 2.71. The molecule has 0 amide bonds. The Bertz CT molecular complexity index is 1190. The Hall–Kier alpha value is -2.74. The van der Waals surface area contributed by atoms with Crippen molar-refractivity contribution in [2.24, 2.45) is 7.05 Å². The molecule has 3 aromatic heterocycles. The number of hydrogen-bond donors (Lipinski definition) is 1. The summed E-state index contributed by atoms with van der Waals surface area (Å²) in [7, 11) is 1.76. The topological polar surface area (TPSA) is 60.0 Å². The van der Waals surface area contributed by atoms with Gasteiger partial charge in [0.2, 0.25) is 0 Å². The smallest absolute Gasteiger partial charge is 0.162 e. The number of nitrogens with one attached hydrogen (secondary N) is 1. The number of hydrogen-bond acceptors (Lipinski definition) is 4. The van der Waals surface area contributed by atoms with E-state index in [0.717, 1.165) is 36.2 Å². The first-order chi connectivity index (χ1) is 13.0. The van der Waals surface area contributed by atoms with E-state index in [-0.39, 0.29) is 0 Å². The average Bonchev–Trinajstić information content (AvgIpc) is 3.32. The highest BCUT2D eigenvalue weighted by Crippen LogP contribution is 2.42. The Morgan fingerprint density at radius 3 is 2.74 bits per heavy atom. The van der Waals surface area contributed by atoms with Crippen LogP contribution in [0.15, 0.2) is 24.4 Å². The minimum atomic E-state index is -0.910. The molecule has 0 bridgehead atoms. The second-order valence-electron chi connectivity index (χ2n) is 6.77. The number of aryl methyl sites for hydroxylation is 1. The van der Waals surface area contributed by atoms with Crippen LogP contribution in [-0.2, 0) is 13.6 Å². The molecule has 0 unspecified atom stereocenters. The molecule has 0 aliphatic heterocycles. The predicted molar refractivity (Wildman–Crippen MR) is 97.9 cm³/mol. The maximum absolute atomic E-state index is 13.5. The van der Waals surface area contributed by atoms with Gasteiger partial charge in [-0.3, -0.25) is 0 Å². The van der Waals surface area contributed by atoms with Crippen LogP contribution in [0.2, 0.25) is 5.15 Å². The molecule has 0 saturated heterocycles. The van der Waals surface area contributed by atoms with Crippen molar-refractivity contribution >= 4 is 34.1 Å². The zero-order chi connectivity index (χ0) is 18.7. The normalized spacial score (nSPS) is 14.4. The number of benzene rings is 1. The summed E-state index contributed by atoms with van der Waals surface area (Å²) >= 11 is 6.19. The van der Waals surface area contributed by atoms with Crippen molar-refractivity contribution in [2.75, 3.05) is 5.32 Å². The largest absolute Gasteiger partial charge is 0.363 e. The molecule has 27 heavy (non-hydrogen) atoms. The van der Waals surface area contributed by atoms with Crippen molar-refractivity contribution in [1.29, 1.82) is 0 Å². The van der Waals surface area contributed by atoms with Gasteiger partial charge >= 0.3 is 0 Å². The summed E-state index contributed by atoms with van der Waals surface area (Å²) in [4.78, 5) is 8.80. The molecule has 4 aromatic rings. The van der Waals surface area contributed by atoms with Crippen molar-refractivity contribution in [3.05, 3.63) is 52.6 Å². The standard InChI is InChI=1S/C18H15ClF2N6/c1-26-14-5-12(21)11(20)4-13(14)24-17(26)8-22-16-6-15(19)25-18-10(9-2-3-9)7-23-27(16)18/h4-7,9,22H,2-3,8H2,1H3. The van der Waals surface area contributed by atoms with E-state index in [1.807, 2.05) is 6.20 Å². The zero-order valence-corrected chi connectivity index (χ0v) is 15.1. The Kier molecular flexibility index (Phi) is 3.58. The number of imidazole rings is 1. The van der Waals surface area contributed by atoms with Crippen molar-refractivity contribution in [2.45, 2.75) is 25.3 Å². The van der Waals surface area contributed by atoms with Gasteiger partial charge in [0.1, 0.15) is 16.8 Å². The van der Waals surface area contributed by atoms with Crippen LogP contribution in [-0.4, -0.2) is 24.1 Å². The van der Waals surface area contributed by atoms with Crippen LogP contribution in [0.1, 0.15) is 30.1 Å². The number of halogens is 3. The van der Waals surface area contributed by atoms with Gasteiger partial charge in [-0.05, 0) is 18.8 Å². The predicted octanol–water partition coefficient (Wildman–Crippen LogP) is 4.04. The van der Waals surface area contributed by atoms with Crippen molar-refractivity contribution < 1.29 is 8.78 Å². The fourth-order valence-corrected chi connectivity index (χ4v) is 3.51. The van der Waals surface area contributed by atoms with E-state index in [0.29, 0.717) is 40.3 Å². The van der Waals surface area contributed by atoms with Crippen LogP contribution in [0.25, 0.3) is 16.7 Å². The summed E-state index contributed by atoms with van der Waals surface area (Å²) in [5.41, 5.74) is 2.79. The maximum Gasteiger partial charge on any atom is 0.162 e. The molecular weight excluding hydrogens is 374 g/mol. The summed E-state index contributed by atoms with van der Waals surface area (Å²) in [5, 5.41) is 8.06. The van der Waals surface area contributed by atoms with Gasteiger partial charge in [0.05, 0.1) is 23.8 Å². The number of nitrogens with zero attached hydrogens (tertiary/aromatic N) is 5. The molecule has 0 radical (unpaired) electrons. The Morgan fingerprint density at radius 2 is 1.96 bits per heavy atom. The first-order valence-electron chi connectivity index (χ1n) is 8.59. The lowest BCUT2D eigenvalue weighted by atomic mass is 10.2. The minimum absolute atomic E-state index is 0.336. The summed E-state index contributed by atoms with van der Waals surface area (Å²) in [6, 6.07) is 3.95. The van der Waals surface area contributed by atoms with Gasteiger partial charge in [-0.15, -0.1) is 0 Å². The lowest BCUT2D eigenvalue weighted by Crippen LogP contribution is -2.09. The summed E-state index contributed by atoms with van der Waals surface area (Å²) in [6.07, 6.45) is 4.12. The first kappa shape index (κ1) is 16.4. The second-order valence-corrected chi connectivity index (χ2v) is 7.16. The quantitative estimate of drug-likeness (QED) is 0.536. The zero-order valence-electron chi connectivity index (χ0n) is 14.4. The van der Waals surface area contributed by atoms with Crippen LogP contribution >= 0.6 is 11.6 Å². The molecule has 6 nitrogen and oxygen atoms in total. The SMILES string of the molecule is Cn1c(CNc2cc(Cl)nc3c(C4CC4)cnn23)nc2cc(F)c(F)cc21. The van der Waals surface area contributed by atoms with E-state index in [1.165, 1.54) is 0 Å². The van der Waals surface area contributed by atoms with Crippen molar-refractivity contribution in [3.8, 4) is 0 Å². The van der Waals surface area contributed by atoms with Gasteiger partial charge in [-0.2, -0.15) is 9.61 Å². The van der Waals surface area contributed by atoms with Gasteiger partial charge in [0, 0.05) is 30.8 Å². The van der Waals surface area contributed by atoms with Gasteiger partial charge in [-0.25, -0.2) is 18.7 Å². The molecule has 3 heterocycles. The average molecular weight is 389 g/mol. The summed E-state index contributed by atoms with van der Waals surface area (Å²) in [6.45, 7) is 0.336. The highest BCUT2D eigenvalue weighted by molar-refractivity contribution is 6.29. The van der Waals surface area contributed by atoms with Crippen LogP contribution in [0.4, 0.5) is 14.6 Å². The molecule has 0 spiro atoms. The summed E-state index contributed by atoms with van der Waals surface area (Å²) < 4.78 is 30.4. The molecule has 0 atom stereocenters. The van der Waals surface area contributed by atoms with Crippen LogP contribution < -0.4 is 5.32 Å². The van der Waals surface area contributed by atoms with Gasteiger partial charge in [0.25, 0.3) is 0 Å². The van der Waals surface area contributed by atoms with E-state index in [4.69, 9.17) is 11.6 Å². The highest BCUT2D eigenvalue weighted by Gasteiger charge is 2.28. The van der Waals surface area contributed by atoms with Gasteiger partial charge < -0.3 is 9.88 Å². The monoisotopic (exact) mass is 388 g/mol. The molecule has 1 aliphatic carbocycles. The van der Waals surface area contributed by atoms with Crippen molar-refractivity contribution in [1.82, 2.24) is 24.1 Å². The maximum atomic E-state index is 13.5. The molecule has 1 aromatic carbocycles. The van der Waals surface area contributed by atoms with E-state index >= 15 is 0 Å². The molecule has 9 heteroatoms. The lowest BCUT2D eigenvalue weighted by molar-refractivity contribution is 0.510. The summed E-state index contributed by atoms with van der Waals surface area (Å²) in [5.74, 6) is 0.0154. The number of aromatic nitrogens is 5. The van der Waals surface area contributed by atoms with Crippen LogP contribution in [0, 0.1) is 11.6 Å². The van der Waals surface area contributed by atoms with E-state index in [9.17, 15) is 8.78 Å². The number of anilines is 1. The Balaban J connectivity index is 1.50. The molecule has 1 aliphatic rings. The van der Waals surface area contributed by atoms with Gasteiger partial charge in [0.15, 0.2) is 17.3 Å². The van der Waals surface area contributed by atoms with E-state index in [2.05, 4.69) is 20.4 Å². The van der Waals surface area contributed by atoms with Crippen LogP contribution in [0.3, 0.4) is 0 Å². The highest BCUT2D eigenvalue weighted by atomic mass is 35.5.